The van der Waals surface area contributed by atoms with Gasteiger partial charge in [-0.2, -0.15) is 0 Å². The number of allylic oxidation sites excluding steroid dienone is 2. The minimum atomic E-state index is -1.54. The van der Waals surface area contributed by atoms with Gasteiger partial charge in [0.15, 0.2) is 0 Å². The number of hydrogen-bond acceptors (Lipinski definition) is 7. The Kier molecular flexibility index (Phi) is 6.50. The third kappa shape index (κ3) is 4.08. The standard InChI is InChI=1S/C23H31NO6/c1-6-14(3)20(25)30-23(5)15(4)12-16(7-2)21(26)29-18-9-11-24-10-8-17(19(18)24)13-28-22(23)27/h6-8,15,18-19H,9-13H2,1-5H3/b14-6-,16-7-/t15-,18-,19?,23-/m0/s1. The molecule has 3 rings (SSSR count). The summed E-state index contributed by atoms with van der Waals surface area (Å²) in [5, 5.41) is 0. The Hall–Kier alpha value is -2.41. The third-order valence-corrected chi connectivity index (χ3v) is 6.58. The first-order valence-corrected chi connectivity index (χ1v) is 10.5. The van der Waals surface area contributed by atoms with Gasteiger partial charge in [0.05, 0.1) is 6.04 Å². The molecule has 0 amide bonds. The van der Waals surface area contributed by atoms with E-state index in [0.29, 0.717) is 11.1 Å². The zero-order chi connectivity index (χ0) is 22.1. The SMILES string of the molecule is C/C=C(/C)C(=O)O[C@]1(C)C(=O)OCC2=CCN3CC[C@H](OC(=O)/C(=C\C)C[C@@H]1C)C23. The molecule has 3 aliphatic rings. The number of rotatable bonds is 2. The van der Waals surface area contributed by atoms with Gasteiger partial charge in [-0.15, -0.1) is 0 Å². The number of carbonyl (C=O) groups excluding carboxylic acids is 3. The van der Waals surface area contributed by atoms with Crippen molar-refractivity contribution in [2.75, 3.05) is 19.7 Å². The van der Waals surface area contributed by atoms with Crippen LogP contribution in [0, 0.1) is 5.92 Å². The highest BCUT2D eigenvalue weighted by Gasteiger charge is 2.48. The highest BCUT2D eigenvalue weighted by molar-refractivity contribution is 5.92. The van der Waals surface area contributed by atoms with Gasteiger partial charge in [0, 0.05) is 30.2 Å². The molecule has 4 atom stereocenters. The number of nitrogens with zero attached hydrogens (tertiary/aromatic N) is 1. The predicted molar refractivity (Wildman–Crippen MR) is 110 cm³/mol. The number of cyclic esters (lactones) is 1. The van der Waals surface area contributed by atoms with E-state index < -0.39 is 23.5 Å². The second-order valence-corrected chi connectivity index (χ2v) is 8.41. The van der Waals surface area contributed by atoms with Gasteiger partial charge in [0.2, 0.25) is 5.60 Å². The zero-order valence-electron chi connectivity index (χ0n) is 18.4. The minimum absolute atomic E-state index is 0.0734. The minimum Gasteiger partial charge on any atom is -0.458 e. The van der Waals surface area contributed by atoms with Gasteiger partial charge >= 0.3 is 17.9 Å². The summed E-state index contributed by atoms with van der Waals surface area (Å²) in [6.07, 6.45) is 6.09. The zero-order valence-corrected chi connectivity index (χ0v) is 18.4. The molecule has 0 aromatic rings. The second kappa shape index (κ2) is 8.76. The fourth-order valence-electron chi connectivity index (χ4n) is 4.21. The molecule has 30 heavy (non-hydrogen) atoms. The van der Waals surface area contributed by atoms with E-state index in [9.17, 15) is 14.4 Å². The lowest BCUT2D eigenvalue weighted by atomic mass is 9.84. The Morgan fingerprint density at radius 1 is 1.33 bits per heavy atom. The number of hydrogen-bond donors (Lipinski definition) is 0. The van der Waals surface area contributed by atoms with Gasteiger partial charge in [0.25, 0.3) is 0 Å². The Bertz CT molecular complexity index is 826. The van der Waals surface area contributed by atoms with Crippen molar-refractivity contribution in [2.45, 2.75) is 65.2 Å². The van der Waals surface area contributed by atoms with E-state index in [1.165, 1.54) is 0 Å². The summed E-state index contributed by atoms with van der Waals surface area (Å²) in [7, 11) is 0. The molecule has 3 heterocycles. The molecule has 0 bridgehead atoms. The molecule has 3 aliphatic heterocycles. The highest BCUT2D eigenvalue weighted by Crippen LogP contribution is 2.35. The van der Waals surface area contributed by atoms with Gasteiger partial charge in [-0.05, 0) is 46.1 Å². The average Bonchev–Trinajstić information content (AvgIpc) is 3.31. The summed E-state index contributed by atoms with van der Waals surface area (Å²) in [4.78, 5) is 40.8. The smallest absolute Gasteiger partial charge is 0.350 e. The maximum Gasteiger partial charge on any atom is 0.350 e. The molecular formula is C23H31NO6. The number of carbonyl (C=O) groups is 3. The van der Waals surface area contributed by atoms with E-state index in [4.69, 9.17) is 14.2 Å². The van der Waals surface area contributed by atoms with Crippen LogP contribution in [0.25, 0.3) is 0 Å². The van der Waals surface area contributed by atoms with Crippen molar-refractivity contribution in [3.05, 3.63) is 34.9 Å². The second-order valence-electron chi connectivity index (χ2n) is 8.41. The maximum atomic E-state index is 13.2. The molecule has 2 fully saturated rings. The Labute approximate surface area is 177 Å². The van der Waals surface area contributed by atoms with Crippen LogP contribution in [0.15, 0.2) is 34.9 Å². The molecule has 0 saturated carbocycles. The normalized spacial score (nSPS) is 34.4. The molecule has 164 valence electrons. The van der Waals surface area contributed by atoms with E-state index in [1.54, 1.807) is 46.8 Å². The fourth-order valence-corrected chi connectivity index (χ4v) is 4.21. The lowest BCUT2D eigenvalue weighted by molar-refractivity contribution is -0.184. The Morgan fingerprint density at radius 2 is 2.07 bits per heavy atom. The molecule has 1 unspecified atom stereocenters. The Balaban J connectivity index is 1.94. The van der Waals surface area contributed by atoms with Crippen LogP contribution >= 0.6 is 0 Å². The topological polar surface area (TPSA) is 82.1 Å². The molecular weight excluding hydrogens is 386 g/mol. The van der Waals surface area contributed by atoms with E-state index >= 15 is 0 Å². The fraction of sp³-hybridized carbons (Fsp3) is 0.609. The predicted octanol–water partition coefficient (Wildman–Crippen LogP) is 2.71. The van der Waals surface area contributed by atoms with Crippen molar-refractivity contribution >= 4 is 17.9 Å². The van der Waals surface area contributed by atoms with Gasteiger partial charge in [0.1, 0.15) is 12.7 Å². The summed E-state index contributed by atoms with van der Waals surface area (Å²) in [6.45, 7) is 10.1. The van der Waals surface area contributed by atoms with E-state index in [-0.39, 0.29) is 31.1 Å². The van der Waals surface area contributed by atoms with Crippen LogP contribution < -0.4 is 0 Å². The highest BCUT2D eigenvalue weighted by atomic mass is 16.6. The summed E-state index contributed by atoms with van der Waals surface area (Å²) in [5.74, 6) is -2.06. The first kappa shape index (κ1) is 22.3. The van der Waals surface area contributed by atoms with Crippen LogP contribution in [0.3, 0.4) is 0 Å². The first-order valence-electron chi connectivity index (χ1n) is 10.5. The molecule has 0 aliphatic carbocycles. The summed E-state index contributed by atoms with van der Waals surface area (Å²) < 4.78 is 17.2. The average molecular weight is 418 g/mol. The lowest BCUT2D eigenvalue weighted by Crippen LogP contribution is -2.48. The van der Waals surface area contributed by atoms with Gasteiger partial charge in [-0.1, -0.05) is 25.2 Å². The van der Waals surface area contributed by atoms with E-state index in [1.807, 2.05) is 6.08 Å². The van der Waals surface area contributed by atoms with Crippen molar-refractivity contribution in [3.63, 3.8) is 0 Å². The third-order valence-electron chi connectivity index (χ3n) is 6.58. The molecule has 0 spiro atoms. The maximum absolute atomic E-state index is 13.2. The van der Waals surface area contributed by atoms with E-state index in [0.717, 1.165) is 25.1 Å². The summed E-state index contributed by atoms with van der Waals surface area (Å²) >= 11 is 0. The molecule has 0 aromatic heterocycles. The monoisotopic (exact) mass is 417 g/mol. The molecule has 0 aromatic carbocycles. The molecule has 0 radical (unpaired) electrons. The van der Waals surface area contributed by atoms with Crippen molar-refractivity contribution in [1.29, 1.82) is 0 Å². The number of esters is 3. The number of ether oxygens (including phenoxy) is 3. The molecule has 7 heteroatoms. The largest absolute Gasteiger partial charge is 0.458 e. The van der Waals surface area contributed by atoms with Gasteiger partial charge < -0.3 is 14.2 Å². The Morgan fingerprint density at radius 3 is 2.73 bits per heavy atom. The van der Waals surface area contributed by atoms with Crippen molar-refractivity contribution in [3.8, 4) is 0 Å². The van der Waals surface area contributed by atoms with Gasteiger partial charge in [-0.3, -0.25) is 4.90 Å². The van der Waals surface area contributed by atoms with Crippen LogP contribution in [0.2, 0.25) is 0 Å². The summed E-state index contributed by atoms with van der Waals surface area (Å²) in [5.41, 5.74) is 0.245. The van der Waals surface area contributed by atoms with Crippen molar-refractivity contribution < 1.29 is 28.6 Å². The quantitative estimate of drug-likeness (QED) is 0.296. The van der Waals surface area contributed by atoms with Crippen LogP contribution in [-0.2, 0) is 28.6 Å². The van der Waals surface area contributed by atoms with Crippen LogP contribution in [-0.4, -0.2) is 60.3 Å². The lowest BCUT2D eigenvalue weighted by Gasteiger charge is -2.34. The van der Waals surface area contributed by atoms with Crippen LogP contribution in [0.5, 0.6) is 0 Å². The van der Waals surface area contributed by atoms with Gasteiger partial charge in [-0.25, -0.2) is 14.4 Å². The van der Waals surface area contributed by atoms with Crippen molar-refractivity contribution in [2.24, 2.45) is 5.92 Å². The first-order chi connectivity index (χ1) is 14.2. The van der Waals surface area contributed by atoms with Crippen molar-refractivity contribution in [1.82, 2.24) is 4.90 Å². The van der Waals surface area contributed by atoms with Crippen LogP contribution in [0.4, 0.5) is 0 Å². The summed E-state index contributed by atoms with van der Waals surface area (Å²) in [6, 6.07) is -0.0734. The molecule has 7 nitrogen and oxygen atoms in total. The molecule has 2 saturated heterocycles. The molecule has 0 N–H and O–H groups in total. The van der Waals surface area contributed by atoms with Crippen LogP contribution in [0.1, 0.15) is 47.5 Å². The van der Waals surface area contributed by atoms with E-state index in [2.05, 4.69) is 4.90 Å².